The van der Waals surface area contributed by atoms with E-state index in [1.807, 2.05) is 6.92 Å². The lowest BCUT2D eigenvalue weighted by Crippen LogP contribution is -2.39. The van der Waals surface area contributed by atoms with Gasteiger partial charge >= 0.3 is 6.18 Å². The predicted molar refractivity (Wildman–Crippen MR) is 109 cm³/mol. The fourth-order valence-electron chi connectivity index (χ4n) is 2.34. The Hall–Kier alpha value is -1.30. The molecule has 0 unspecified atom stereocenters. The minimum Gasteiger partial charge on any atom is -0.494 e. The first-order valence-corrected chi connectivity index (χ1v) is 8.23. The lowest BCUT2D eigenvalue weighted by atomic mass is 10.2. The SMILES string of the molecule is CCNC(=NCCN(C)CC(F)(F)F)N(C)Cc1ccc(OC)c(F)c1.I. The first-order chi connectivity index (χ1) is 12.2. The summed E-state index contributed by atoms with van der Waals surface area (Å²) < 4.78 is 55.7. The van der Waals surface area contributed by atoms with Crippen LogP contribution in [0.25, 0.3) is 0 Å². The van der Waals surface area contributed by atoms with Gasteiger partial charge in [-0.25, -0.2) is 4.39 Å². The van der Waals surface area contributed by atoms with Crippen molar-refractivity contribution in [2.75, 3.05) is 47.4 Å². The molecule has 0 saturated heterocycles. The molecular formula is C17H27F4IN4O. The summed E-state index contributed by atoms with van der Waals surface area (Å²) in [6.07, 6.45) is -4.22. The molecule has 1 aromatic carbocycles. The van der Waals surface area contributed by atoms with E-state index < -0.39 is 18.5 Å². The van der Waals surface area contributed by atoms with Gasteiger partial charge < -0.3 is 15.0 Å². The number of hydrogen-bond acceptors (Lipinski definition) is 3. The Morgan fingerprint density at radius 3 is 2.44 bits per heavy atom. The predicted octanol–water partition coefficient (Wildman–Crippen LogP) is 3.34. The zero-order valence-corrected chi connectivity index (χ0v) is 18.3. The van der Waals surface area contributed by atoms with Crippen molar-refractivity contribution in [2.45, 2.75) is 19.6 Å². The molecule has 0 amide bonds. The molecule has 27 heavy (non-hydrogen) atoms. The van der Waals surface area contributed by atoms with Gasteiger partial charge in [-0.1, -0.05) is 6.07 Å². The van der Waals surface area contributed by atoms with E-state index in [4.69, 9.17) is 4.74 Å². The molecule has 5 nitrogen and oxygen atoms in total. The van der Waals surface area contributed by atoms with Crippen LogP contribution < -0.4 is 10.1 Å². The van der Waals surface area contributed by atoms with Crippen LogP contribution in [-0.2, 0) is 6.54 Å². The number of alkyl halides is 3. The van der Waals surface area contributed by atoms with Gasteiger partial charge in [0.25, 0.3) is 0 Å². The topological polar surface area (TPSA) is 40.1 Å². The van der Waals surface area contributed by atoms with Crippen molar-refractivity contribution in [2.24, 2.45) is 4.99 Å². The van der Waals surface area contributed by atoms with Crippen molar-refractivity contribution in [3.63, 3.8) is 0 Å². The molecule has 10 heteroatoms. The molecule has 0 aliphatic rings. The van der Waals surface area contributed by atoms with Crippen LogP contribution in [0.1, 0.15) is 12.5 Å². The summed E-state index contributed by atoms with van der Waals surface area (Å²) in [5.74, 6) is 0.267. The van der Waals surface area contributed by atoms with E-state index in [1.54, 1.807) is 24.1 Å². The van der Waals surface area contributed by atoms with E-state index >= 15 is 0 Å². The van der Waals surface area contributed by atoms with E-state index in [0.717, 1.165) is 5.56 Å². The van der Waals surface area contributed by atoms with Crippen LogP contribution in [0, 0.1) is 5.82 Å². The number of benzene rings is 1. The normalized spacial score (nSPS) is 12.0. The molecule has 1 N–H and O–H groups in total. The average Bonchev–Trinajstić information content (AvgIpc) is 2.52. The Bertz CT molecular complexity index is 599. The number of rotatable bonds is 8. The van der Waals surface area contributed by atoms with Gasteiger partial charge in [0.2, 0.25) is 0 Å². The molecule has 0 bridgehead atoms. The summed E-state index contributed by atoms with van der Waals surface area (Å²) in [5.41, 5.74) is 0.727. The first-order valence-electron chi connectivity index (χ1n) is 8.23. The maximum atomic E-state index is 13.8. The van der Waals surface area contributed by atoms with Crippen molar-refractivity contribution in [3.05, 3.63) is 29.6 Å². The number of hydrogen-bond donors (Lipinski definition) is 1. The fraction of sp³-hybridized carbons (Fsp3) is 0.588. The number of nitrogens with zero attached hydrogens (tertiary/aromatic N) is 3. The molecule has 0 atom stereocenters. The number of likely N-dealkylation sites (N-methyl/N-ethyl adjacent to an activating group) is 1. The smallest absolute Gasteiger partial charge is 0.401 e. The molecule has 0 radical (unpaired) electrons. The molecule has 0 fully saturated rings. The van der Waals surface area contributed by atoms with Crippen LogP contribution in [0.4, 0.5) is 17.6 Å². The quantitative estimate of drug-likeness (QED) is 0.254. The second-order valence-electron chi connectivity index (χ2n) is 5.91. The van der Waals surface area contributed by atoms with E-state index in [2.05, 4.69) is 10.3 Å². The maximum absolute atomic E-state index is 13.8. The lowest BCUT2D eigenvalue weighted by molar-refractivity contribution is -0.142. The molecular weight excluding hydrogens is 479 g/mol. The van der Waals surface area contributed by atoms with E-state index in [-0.39, 0.29) is 42.8 Å². The van der Waals surface area contributed by atoms with Gasteiger partial charge in [-0.2, -0.15) is 13.2 Å². The molecule has 0 spiro atoms. The third-order valence-corrected chi connectivity index (χ3v) is 3.52. The highest BCUT2D eigenvalue weighted by molar-refractivity contribution is 14.0. The molecule has 1 rings (SSSR count). The van der Waals surface area contributed by atoms with Gasteiger partial charge in [0.05, 0.1) is 20.2 Å². The lowest BCUT2D eigenvalue weighted by Gasteiger charge is -2.23. The summed E-state index contributed by atoms with van der Waals surface area (Å²) in [6.45, 7) is 2.32. The largest absolute Gasteiger partial charge is 0.494 e. The van der Waals surface area contributed by atoms with Crippen molar-refractivity contribution < 1.29 is 22.3 Å². The molecule has 0 heterocycles. The summed E-state index contributed by atoms with van der Waals surface area (Å²) in [4.78, 5) is 7.30. The van der Waals surface area contributed by atoms with Gasteiger partial charge in [-0.05, 0) is 31.7 Å². The number of ether oxygens (including phenoxy) is 1. The maximum Gasteiger partial charge on any atom is 0.401 e. The van der Waals surface area contributed by atoms with E-state index in [0.29, 0.717) is 19.0 Å². The molecule has 156 valence electrons. The summed E-state index contributed by atoms with van der Waals surface area (Å²) in [7, 11) is 4.58. The van der Waals surface area contributed by atoms with Crippen LogP contribution in [0.3, 0.4) is 0 Å². The minimum atomic E-state index is -4.22. The minimum absolute atomic E-state index is 0. The van der Waals surface area contributed by atoms with Crippen molar-refractivity contribution in [1.29, 1.82) is 0 Å². The number of nitrogens with one attached hydrogen (secondary N) is 1. The second-order valence-corrected chi connectivity index (χ2v) is 5.91. The van der Waals surface area contributed by atoms with E-state index in [1.165, 1.54) is 25.1 Å². The third kappa shape index (κ3) is 9.99. The van der Waals surface area contributed by atoms with Crippen LogP contribution in [-0.4, -0.2) is 69.3 Å². The van der Waals surface area contributed by atoms with Gasteiger partial charge in [0, 0.05) is 26.7 Å². The number of methoxy groups -OCH3 is 1. The van der Waals surface area contributed by atoms with Gasteiger partial charge in [-0.15, -0.1) is 24.0 Å². The molecule has 0 aliphatic heterocycles. The van der Waals surface area contributed by atoms with Gasteiger partial charge in [0.1, 0.15) is 0 Å². The Kier molecular flexibility index (Phi) is 11.6. The molecule has 0 aromatic heterocycles. The third-order valence-electron chi connectivity index (χ3n) is 3.52. The first kappa shape index (κ1) is 25.7. The van der Waals surface area contributed by atoms with Gasteiger partial charge in [0.15, 0.2) is 17.5 Å². The van der Waals surface area contributed by atoms with Crippen LogP contribution in [0.15, 0.2) is 23.2 Å². The highest BCUT2D eigenvalue weighted by Crippen LogP contribution is 2.18. The highest BCUT2D eigenvalue weighted by Gasteiger charge is 2.28. The van der Waals surface area contributed by atoms with Crippen molar-refractivity contribution in [1.82, 2.24) is 15.1 Å². The van der Waals surface area contributed by atoms with E-state index in [9.17, 15) is 17.6 Å². The highest BCUT2D eigenvalue weighted by atomic mass is 127. The van der Waals surface area contributed by atoms with Crippen LogP contribution in [0.5, 0.6) is 5.75 Å². The zero-order chi connectivity index (χ0) is 19.7. The summed E-state index contributed by atoms with van der Waals surface area (Å²) in [6, 6.07) is 4.68. The number of guanidine groups is 1. The Balaban J connectivity index is 0.00000676. The Labute approximate surface area is 174 Å². The Morgan fingerprint density at radius 2 is 1.93 bits per heavy atom. The zero-order valence-electron chi connectivity index (χ0n) is 15.9. The standard InChI is InChI=1S/C17H26F4N4O.HI/c1-5-22-16(23-8-9-24(2)12-17(19,20)21)25(3)11-13-6-7-15(26-4)14(18)10-13;/h6-7,10H,5,8-9,11-12H2,1-4H3,(H,22,23);1H. The van der Waals surface area contributed by atoms with Crippen molar-refractivity contribution in [3.8, 4) is 5.75 Å². The number of aliphatic imine (C=N–C) groups is 1. The Morgan fingerprint density at radius 1 is 1.26 bits per heavy atom. The number of halogens is 5. The molecule has 0 aliphatic carbocycles. The van der Waals surface area contributed by atoms with Crippen molar-refractivity contribution >= 4 is 29.9 Å². The summed E-state index contributed by atoms with van der Waals surface area (Å²) in [5, 5.41) is 3.08. The molecule has 1 aromatic rings. The monoisotopic (exact) mass is 506 g/mol. The van der Waals surface area contributed by atoms with Gasteiger partial charge in [-0.3, -0.25) is 9.89 Å². The average molecular weight is 506 g/mol. The van der Waals surface area contributed by atoms with Crippen LogP contribution in [0.2, 0.25) is 0 Å². The second kappa shape index (κ2) is 12.2. The fourth-order valence-corrected chi connectivity index (χ4v) is 2.34. The molecule has 0 saturated carbocycles. The summed E-state index contributed by atoms with van der Waals surface area (Å²) >= 11 is 0. The van der Waals surface area contributed by atoms with Crippen LogP contribution >= 0.6 is 24.0 Å².